The number of amides is 4. The highest BCUT2D eigenvalue weighted by atomic mass is 79.9. The van der Waals surface area contributed by atoms with Gasteiger partial charge >= 0.3 is 6.03 Å². The second-order valence-corrected chi connectivity index (χ2v) is 6.99. The lowest BCUT2D eigenvalue weighted by molar-refractivity contribution is -0.134. The molecule has 4 amide bonds. The zero-order valence-corrected chi connectivity index (χ0v) is 15.2. The molecule has 1 atom stereocenters. The van der Waals surface area contributed by atoms with Crippen LogP contribution in [0.4, 0.5) is 16.2 Å². The summed E-state index contributed by atoms with van der Waals surface area (Å²) in [5.74, 6) is -0.766. The Morgan fingerprint density at radius 3 is 2.74 bits per heavy atom. The zero-order chi connectivity index (χ0) is 16.6. The van der Waals surface area contributed by atoms with E-state index in [2.05, 4.69) is 47.8 Å². The van der Waals surface area contributed by atoms with Crippen LogP contribution in [0.2, 0.25) is 0 Å². The minimum Gasteiger partial charge on any atom is -0.381 e. The van der Waals surface area contributed by atoms with Crippen LogP contribution in [-0.4, -0.2) is 37.0 Å². The zero-order valence-electron chi connectivity index (χ0n) is 12.0. The molecule has 1 saturated heterocycles. The maximum atomic E-state index is 12.6. The van der Waals surface area contributed by atoms with Crippen molar-refractivity contribution in [3.05, 3.63) is 21.1 Å². The lowest BCUT2D eigenvalue weighted by atomic mass is 10.1. The fourth-order valence-electron chi connectivity index (χ4n) is 2.64. The molecule has 1 unspecified atom stereocenters. The average molecular weight is 446 g/mol. The molecule has 2 heterocycles. The summed E-state index contributed by atoms with van der Waals surface area (Å²) in [5, 5.41) is 8.19. The summed E-state index contributed by atoms with van der Waals surface area (Å²) in [7, 11) is 0. The number of fused-ring (bicyclic) bond motifs is 1. The first kappa shape index (κ1) is 16.3. The number of benzene rings is 1. The van der Waals surface area contributed by atoms with Crippen molar-refractivity contribution in [1.29, 1.82) is 0 Å². The van der Waals surface area contributed by atoms with Gasteiger partial charge in [0.2, 0.25) is 11.8 Å². The van der Waals surface area contributed by atoms with Gasteiger partial charge in [-0.2, -0.15) is 0 Å². The Hall–Kier alpha value is -1.61. The van der Waals surface area contributed by atoms with Crippen LogP contribution in [0.1, 0.15) is 12.8 Å². The van der Waals surface area contributed by atoms with Gasteiger partial charge in [0.05, 0.1) is 11.4 Å². The van der Waals surface area contributed by atoms with Crippen LogP contribution in [0, 0.1) is 0 Å². The Labute approximate surface area is 149 Å². The molecule has 0 aliphatic carbocycles. The Kier molecular flexibility index (Phi) is 4.58. The summed E-state index contributed by atoms with van der Waals surface area (Å²) < 4.78 is 1.63. The smallest absolute Gasteiger partial charge is 0.322 e. The van der Waals surface area contributed by atoms with E-state index >= 15 is 0 Å². The van der Waals surface area contributed by atoms with Gasteiger partial charge in [-0.1, -0.05) is 0 Å². The number of carbonyl (C=O) groups excluding carboxylic acids is 3. The van der Waals surface area contributed by atoms with E-state index in [4.69, 9.17) is 0 Å². The number of carbonyl (C=O) groups is 3. The van der Waals surface area contributed by atoms with Crippen LogP contribution in [0.3, 0.4) is 0 Å². The first-order chi connectivity index (χ1) is 11.0. The number of imide groups is 1. The van der Waals surface area contributed by atoms with E-state index in [0.717, 1.165) is 20.3 Å². The minimum absolute atomic E-state index is 0.226. The Morgan fingerprint density at radius 1 is 1.26 bits per heavy atom. The number of rotatable bonds is 1. The van der Waals surface area contributed by atoms with Crippen molar-refractivity contribution in [3.8, 4) is 0 Å². The Bertz CT molecular complexity index is 695. The van der Waals surface area contributed by atoms with E-state index in [9.17, 15) is 14.4 Å². The van der Waals surface area contributed by atoms with Gasteiger partial charge in [0.15, 0.2) is 0 Å². The van der Waals surface area contributed by atoms with Crippen LogP contribution in [-0.2, 0) is 9.59 Å². The molecule has 122 valence electrons. The van der Waals surface area contributed by atoms with Gasteiger partial charge < -0.3 is 10.6 Å². The number of urea groups is 1. The third-order valence-corrected chi connectivity index (χ3v) is 5.07. The van der Waals surface area contributed by atoms with E-state index < -0.39 is 11.9 Å². The molecule has 1 fully saturated rings. The lowest BCUT2D eigenvalue weighted by Gasteiger charge is -2.33. The van der Waals surface area contributed by atoms with Crippen molar-refractivity contribution in [1.82, 2.24) is 10.6 Å². The van der Waals surface area contributed by atoms with E-state index in [-0.39, 0.29) is 18.4 Å². The maximum absolute atomic E-state index is 12.6. The van der Waals surface area contributed by atoms with E-state index in [1.165, 1.54) is 0 Å². The molecule has 1 aromatic carbocycles. The molecule has 3 N–H and O–H groups in total. The molecule has 0 spiro atoms. The van der Waals surface area contributed by atoms with Crippen LogP contribution in [0.25, 0.3) is 0 Å². The molecular weight excluding hydrogens is 432 g/mol. The van der Waals surface area contributed by atoms with Crippen molar-refractivity contribution in [2.24, 2.45) is 0 Å². The van der Waals surface area contributed by atoms with Gasteiger partial charge in [0.1, 0.15) is 6.04 Å². The highest BCUT2D eigenvalue weighted by molar-refractivity contribution is 9.11. The van der Waals surface area contributed by atoms with E-state index in [1.807, 2.05) is 12.1 Å². The molecule has 3 rings (SSSR count). The monoisotopic (exact) mass is 444 g/mol. The molecule has 0 saturated carbocycles. The fraction of sp³-hybridized carbons (Fsp3) is 0.357. The second kappa shape index (κ2) is 6.48. The van der Waals surface area contributed by atoms with Crippen molar-refractivity contribution in [2.75, 3.05) is 23.3 Å². The molecule has 0 radical (unpaired) electrons. The van der Waals surface area contributed by atoms with Crippen molar-refractivity contribution in [2.45, 2.75) is 18.9 Å². The summed E-state index contributed by atoms with van der Waals surface area (Å²) in [4.78, 5) is 37.2. The van der Waals surface area contributed by atoms with E-state index in [0.29, 0.717) is 19.5 Å². The quantitative estimate of drug-likeness (QED) is 0.576. The van der Waals surface area contributed by atoms with E-state index in [1.54, 1.807) is 4.90 Å². The van der Waals surface area contributed by atoms with Gasteiger partial charge in [-0.05, 0) is 50.4 Å². The van der Waals surface area contributed by atoms with Gasteiger partial charge in [0.25, 0.3) is 0 Å². The van der Waals surface area contributed by atoms with Crippen molar-refractivity contribution >= 4 is 61.1 Å². The summed E-state index contributed by atoms with van der Waals surface area (Å²) in [6, 6.07) is 2.69. The van der Waals surface area contributed by atoms with Crippen molar-refractivity contribution < 1.29 is 14.4 Å². The summed E-state index contributed by atoms with van der Waals surface area (Å²) >= 11 is 6.93. The maximum Gasteiger partial charge on any atom is 0.322 e. The summed E-state index contributed by atoms with van der Waals surface area (Å²) in [6.45, 7) is 1.08. The number of nitrogens with one attached hydrogen (secondary N) is 3. The first-order valence-corrected chi connectivity index (χ1v) is 8.69. The second-order valence-electron chi connectivity index (χ2n) is 5.28. The van der Waals surface area contributed by atoms with Gasteiger partial charge in [-0.15, -0.1) is 0 Å². The molecule has 9 heteroatoms. The highest BCUT2D eigenvalue weighted by Gasteiger charge is 2.32. The largest absolute Gasteiger partial charge is 0.381 e. The number of hydrogen-bond donors (Lipinski definition) is 3. The number of hydrogen-bond acceptors (Lipinski definition) is 4. The number of halogens is 2. The Morgan fingerprint density at radius 2 is 2.00 bits per heavy atom. The minimum atomic E-state index is -0.690. The predicted octanol–water partition coefficient (Wildman–Crippen LogP) is 1.96. The number of anilines is 2. The SMILES string of the molecule is O=C1CCC(NC(=O)N2CCNc3c(Br)ccc(Br)c32)C(=O)N1. The average Bonchev–Trinajstić information content (AvgIpc) is 2.53. The molecule has 0 bridgehead atoms. The van der Waals surface area contributed by atoms with Crippen LogP contribution in [0.5, 0.6) is 0 Å². The molecule has 2 aliphatic rings. The highest BCUT2D eigenvalue weighted by Crippen LogP contribution is 2.41. The topological polar surface area (TPSA) is 90.5 Å². The van der Waals surface area contributed by atoms with Crippen LogP contribution in [0.15, 0.2) is 21.1 Å². The van der Waals surface area contributed by atoms with Gasteiger partial charge in [-0.25, -0.2) is 4.79 Å². The Balaban J connectivity index is 1.81. The summed E-state index contributed by atoms with van der Waals surface area (Å²) in [5.41, 5.74) is 1.54. The fourth-order valence-corrected chi connectivity index (χ4v) is 3.64. The number of piperidine rings is 1. The van der Waals surface area contributed by atoms with Crippen LogP contribution >= 0.6 is 31.9 Å². The third-order valence-electron chi connectivity index (χ3n) is 3.77. The van der Waals surface area contributed by atoms with Crippen LogP contribution < -0.4 is 20.9 Å². The van der Waals surface area contributed by atoms with Gasteiger partial charge in [-0.3, -0.25) is 19.8 Å². The molecular formula is C14H14Br2N4O3. The molecule has 0 aromatic heterocycles. The number of nitrogens with zero attached hydrogens (tertiary/aromatic N) is 1. The lowest BCUT2D eigenvalue weighted by Crippen LogP contribution is -2.56. The standard InChI is InChI=1S/C14H14Br2N4O3/c15-7-1-2-8(16)12-11(7)17-5-6-20(12)14(23)18-9-3-4-10(21)19-13(9)22/h1-2,9,17H,3-6H2,(H,18,23)(H,19,21,22). The molecule has 2 aliphatic heterocycles. The normalized spacial score (nSPS) is 20.4. The summed E-state index contributed by atoms with van der Waals surface area (Å²) in [6.07, 6.45) is 0.541. The molecule has 23 heavy (non-hydrogen) atoms. The van der Waals surface area contributed by atoms with Gasteiger partial charge in [0, 0.05) is 28.5 Å². The third kappa shape index (κ3) is 3.20. The predicted molar refractivity (Wildman–Crippen MR) is 92.4 cm³/mol. The van der Waals surface area contributed by atoms with Crippen molar-refractivity contribution in [3.63, 3.8) is 0 Å². The molecule has 1 aromatic rings. The molecule has 7 nitrogen and oxygen atoms in total. The first-order valence-electron chi connectivity index (χ1n) is 7.11.